The number of nitrogens with one attached hydrogen (secondary N) is 1. The molecule has 4 heteroatoms. The molecule has 1 aromatic rings. The third-order valence-corrected chi connectivity index (χ3v) is 3.08. The van der Waals surface area contributed by atoms with Crippen LogP contribution in [0.4, 0.5) is 0 Å². The van der Waals surface area contributed by atoms with Gasteiger partial charge in [-0.15, -0.1) is 0 Å². The van der Waals surface area contributed by atoms with Crippen LogP contribution in [0, 0.1) is 19.3 Å². The molecule has 0 radical (unpaired) electrons. The largest absolute Gasteiger partial charge is 0.489 e. The summed E-state index contributed by atoms with van der Waals surface area (Å²) in [5.74, 6) is 0.932. The summed E-state index contributed by atoms with van der Waals surface area (Å²) >= 11 is 0. The maximum atomic E-state index is 5.96. The van der Waals surface area contributed by atoms with Gasteiger partial charge in [0.05, 0.1) is 12.3 Å². The van der Waals surface area contributed by atoms with Crippen molar-refractivity contribution in [3.05, 3.63) is 11.4 Å². The zero-order valence-corrected chi connectivity index (χ0v) is 12.6. The van der Waals surface area contributed by atoms with Gasteiger partial charge < -0.3 is 10.1 Å². The summed E-state index contributed by atoms with van der Waals surface area (Å²) in [6.07, 6.45) is 1.16. The van der Waals surface area contributed by atoms with Crippen LogP contribution < -0.4 is 10.1 Å². The number of aromatic nitrogens is 2. The molecule has 0 unspecified atom stereocenters. The number of rotatable bonds is 7. The van der Waals surface area contributed by atoms with Crippen LogP contribution in [0.5, 0.6) is 5.75 Å². The first-order chi connectivity index (χ1) is 8.37. The minimum Gasteiger partial charge on any atom is -0.489 e. The monoisotopic (exact) mass is 253 g/mol. The predicted octanol–water partition coefficient (Wildman–Crippen LogP) is 2.44. The van der Waals surface area contributed by atoms with Gasteiger partial charge in [-0.2, -0.15) is 5.10 Å². The molecule has 0 saturated heterocycles. The molecule has 0 aliphatic heterocycles. The number of ether oxygens (including phenoxy) is 1. The second kappa shape index (κ2) is 6.23. The minimum atomic E-state index is 0.129. The van der Waals surface area contributed by atoms with E-state index in [0.29, 0.717) is 6.61 Å². The average molecular weight is 253 g/mol. The Kier molecular flexibility index (Phi) is 5.20. The molecule has 1 N–H and O–H groups in total. The van der Waals surface area contributed by atoms with Crippen LogP contribution >= 0.6 is 0 Å². The standard InChI is InChI=1S/C14H27N3O/c1-7-8-15-9-14(4,5)10-18-13-11(2)16-17(6)12(13)3/h15H,7-10H2,1-6H3. The summed E-state index contributed by atoms with van der Waals surface area (Å²) in [7, 11) is 1.95. The van der Waals surface area contributed by atoms with Crippen LogP contribution in [-0.4, -0.2) is 29.5 Å². The lowest BCUT2D eigenvalue weighted by Gasteiger charge is -2.25. The van der Waals surface area contributed by atoms with Gasteiger partial charge in [0.1, 0.15) is 5.69 Å². The Balaban J connectivity index is 2.53. The van der Waals surface area contributed by atoms with Gasteiger partial charge >= 0.3 is 0 Å². The maximum Gasteiger partial charge on any atom is 0.162 e. The molecule has 0 fully saturated rings. The predicted molar refractivity (Wildman–Crippen MR) is 75.1 cm³/mol. The van der Waals surface area contributed by atoms with Gasteiger partial charge in [-0.1, -0.05) is 20.8 Å². The van der Waals surface area contributed by atoms with Gasteiger partial charge in [0.2, 0.25) is 0 Å². The summed E-state index contributed by atoms with van der Waals surface area (Å²) < 4.78 is 7.83. The third kappa shape index (κ3) is 4.02. The van der Waals surface area contributed by atoms with Crippen LogP contribution in [0.3, 0.4) is 0 Å². The Bertz CT molecular complexity index is 383. The lowest BCUT2D eigenvalue weighted by molar-refractivity contribution is 0.175. The van der Waals surface area contributed by atoms with E-state index in [4.69, 9.17) is 4.74 Å². The van der Waals surface area contributed by atoms with Crippen molar-refractivity contribution in [1.29, 1.82) is 0 Å². The van der Waals surface area contributed by atoms with E-state index in [-0.39, 0.29) is 5.41 Å². The number of hydrogen-bond donors (Lipinski definition) is 1. The lowest BCUT2D eigenvalue weighted by atomic mass is 9.95. The summed E-state index contributed by atoms with van der Waals surface area (Å²) in [6, 6.07) is 0. The van der Waals surface area contributed by atoms with Gasteiger partial charge in [-0.25, -0.2) is 0 Å². The Hall–Kier alpha value is -1.03. The molecule has 0 aliphatic rings. The van der Waals surface area contributed by atoms with Crippen LogP contribution in [0.1, 0.15) is 38.6 Å². The molecule has 18 heavy (non-hydrogen) atoms. The van der Waals surface area contributed by atoms with E-state index >= 15 is 0 Å². The van der Waals surface area contributed by atoms with Gasteiger partial charge in [-0.05, 0) is 26.8 Å². The summed E-state index contributed by atoms with van der Waals surface area (Å²) in [6.45, 7) is 13.4. The van der Waals surface area contributed by atoms with E-state index in [9.17, 15) is 0 Å². The van der Waals surface area contributed by atoms with Crippen molar-refractivity contribution >= 4 is 0 Å². The molecule has 0 bridgehead atoms. The number of aryl methyl sites for hydroxylation is 2. The van der Waals surface area contributed by atoms with Crippen LogP contribution in [0.15, 0.2) is 0 Å². The lowest BCUT2D eigenvalue weighted by Crippen LogP contribution is -2.34. The van der Waals surface area contributed by atoms with E-state index in [1.807, 2.05) is 25.6 Å². The average Bonchev–Trinajstić information content (AvgIpc) is 2.51. The highest BCUT2D eigenvalue weighted by Gasteiger charge is 2.20. The topological polar surface area (TPSA) is 39.1 Å². The minimum absolute atomic E-state index is 0.129. The Morgan fingerprint density at radius 2 is 2.00 bits per heavy atom. The highest BCUT2D eigenvalue weighted by atomic mass is 16.5. The fourth-order valence-corrected chi connectivity index (χ4v) is 1.89. The molecule has 104 valence electrons. The second-order valence-electron chi connectivity index (χ2n) is 5.75. The smallest absolute Gasteiger partial charge is 0.162 e. The van der Waals surface area contributed by atoms with Gasteiger partial charge in [0.15, 0.2) is 5.75 Å². The van der Waals surface area contributed by atoms with E-state index in [0.717, 1.165) is 36.6 Å². The van der Waals surface area contributed by atoms with E-state index in [1.54, 1.807) is 0 Å². The second-order valence-corrected chi connectivity index (χ2v) is 5.75. The quantitative estimate of drug-likeness (QED) is 0.759. The molecule has 1 rings (SSSR count). The molecule has 0 aromatic carbocycles. The third-order valence-electron chi connectivity index (χ3n) is 3.08. The highest BCUT2D eigenvalue weighted by Crippen LogP contribution is 2.24. The van der Waals surface area contributed by atoms with Crippen molar-refractivity contribution in [2.45, 2.75) is 41.0 Å². The van der Waals surface area contributed by atoms with Crippen LogP contribution in [-0.2, 0) is 7.05 Å². The fourth-order valence-electron chi connectivity index (χ4n) is 1.89. The zero-order valence-electron chi connectivity index (χ0n) is 12.6. The van der Waals surface area contributed by atoms with Crippen molar-refractivity contribution in [2.24, 2.45) is 12.5 Å². The van der Waals surface area contributed by atoms with Crippen LogP contribution in [0.2, 0.25) is 0 Å². The zero-order chi connectivity index (χ0) is 13.8. The van der Waals surface area contributed by atoms with Crippen molar-refractivity contribution in [3.8, 4) is 5.75 Å². The Morgan fingerprint density at radius 1 is 1.33 bits per heavy atom. The van der Waals surface area contributed by atoms with Crippen molar-refractivity contribution < 1.29 is 4.74 Å². The first-order valence-corrected chi connectivity index (χ1v) is 6.71. The van der Waals surface area contributed by atoms with E-state index in [1.165, 1.54) is 0 Å². The molecule has 0 aliphatic carbocycles. The molecule has 0 atom stereocenters. The number of hydrogen-bond acceptors (Lipinski definition) is 3. The summed E-state index contributed by atoms with van der Waals surface area (Å²) in [5, 5.41) is 7.81. The SMILES string of the molecule is CCCNCC(C)(C)COc1c(C)nn(C)c1C. The first-order valence-electron chi connectivity index (χ1n) is 6.71. The highest BCUT2D eigenvalue weighted by molar-refractivity contribution is 5.31. The Morgan fingerprint density at radius 3 is 2.50 bits per heavy atom. The molecule has 1 aromatic heterocycles. The van der Waals surface area contributed by atoms with Crippen molar-refractivity contribution in [1.82, 2.24) is 15.1 Å². The molecule has 1 heterocycles. The summed E-state index contributed by atoms with van der Waals surface area (Å²) in [4.78, 5) is 0. The molecule has 4 nitrogen and oxygen atoms in total. The van der Waals surface area contributed by atoms with Gasteiger partial charge in [-0.3, -0.25) is 4.68 Å². The van der Waals surface area contributed by atoms with E-state index < -0.39 is 0 Å². The molecule has 0 amide bonds. The normalized spacial score (nSPS) is 11.9. The van der Waals surface area contributed by atoms with Gasteiger partial charge in [0.25, 0.3) is 0 Å². The van der Waals surface area contributed by atoms with Crippen molar-refractivity contribution in [2.75, 3.05) is 19.7 Å². The molecular formula is C14H27N3O. The molecular weight excluding hydrogens is 226 g/mol. The van der Waals surface area contributed by atoms with Crippen LogP contribution in [0.25, 0.3) is 0 Å². The maximum absolute atomic E-state index is 5.96. The molecule has 0 spiro atoms. The van der Waals surface area contributed by atoms with Gasteiger partial charge in [0, 0.05) is 19.0 Å². The number of nitrogens with zero attached hydrogens (tertiary/aromatic N) is 2. The van der Waals surface area contributed by atoms with E-state index in [2.05, 4.69) is 31.2 Å². The molecule has 0 saturated carbocycles. The fraction of sp³-hybridized carbons (Fsp3) is 0.786. The van der Waals surface area contributed by atoms with Crippen molar-refractivity contribution in [3.63, 3.8) is 0 Å². The summed E-state index contributed by atoms with van der Waals surface area (Å²) in [5.41, 5.74) is 2.18. The first kappa shape index (κ1) is 15.0. The Labute approximate surface area is 111 Å².